The van der Waals surface area contributed by atoms with Crippen LogP contribution in [-0.2, 0) is 6.54 Å². The lowest BCUT2D eigenvalue weighted by Crippen LogP contribution is -2.39. The van der Waals surface area contributed by atoms with Gasteiger partial charge < -0.3 is 10.4 Å². The van der Waals surface area contributed by atoms with E-state index < -0.39 is 0 Å². The summed E-state index contributed by atoms with van der Waals surface area (Å²) in [5.41, 5.74) is 1.29. The SMILES string of the molecule is OCC(NCc1ccccc1)C1CCCCC1. The van der Waals surface area contributed by atoms with Crippen LogP contribution in [-0.4, -0.2) is 17.8 Å². The summed E-state index contributed by atoms with van der Waals surface area (Å²) in [5.74, 6) is 0.664. The van der Waals surface area contributed by atoms with Crippen molar-refractivity contribution in [2.45, 2.75) is 44.7 Å². The molecule has 0 aromatic heterocycles. The third-order valence-electron chi connectivity index (χ3n) is 3.83. The highest BCUT2D eigenvalue weighted by Crippen LogP contribution is 2.26. The Bertz CT molecular complexity index is 306. The topological polar surface area (TPSA) is 32.3 Å². The maximum atomic E-state index is 9.49. The minimum atomic E-state index is 0.261. The zero-order valence-corrected chi connectivity index (χ0v) is 10.4. The number of rotatable bonds is 5. The molecule has 0 bridgehead atoms. The van der Waals surface area contributed by atoms with E-state index in [4.69, 9.17) is 0 Å². The summed E-state index contributed by atoms with van der Waals surface area (Å²) in [6, 6.07) is 10.7. The van der Waals surface area contributed by atoms with E-state index in [1.807, 2.05) is 6.07 Å². The predicted octanol–water partition coefficient (Wildman–Crippen LogP) is 2.72. The molecule has 0 amide bonds. The van der Waals surface area contributed by atoms with Gasteiger partial charge in [-0.2, -0.15) is 0 Å². The number of nitrogens with one attached hydrogen (secondary N) is 1. The molecular weight excluding hydrogens is 210 g/mol. The summed E-state index contributed by atoms with van der Waals surface area (Å²) in [7, 11) is 0. The van der Waals surface area contributed by atoms with Crippen molar-refractivity contribution in [3.63, 3.8) is 0 Å². The first-order chi connectivity index (χ1) is 8.40. The molecule has 1 aliphatic rings. The van der Waals surface area contributed by atoms with Gasteiger partial charge in [0.15, 0.2) is 0 Å². The van der Waals surface area contributed by atoms with Gasteiger partial charge in [-0.05, 0) is 24.3 Å². The van der Waals surface area contributed by atoms with Gasteiger partial charge in [0.05, 0.1) is 6.61 Å². The molecule has 0 spiro atoms. The second-order valence-electron chi connectivity index (χ2n) is 5.05. The maximum Gasteiger partial charge on any atom is 0.0587 e. The first kappa shape index (κ1) is 12.6. The molecule has 1 aromatic carbocycles. The molecule has 0 radical (unpaired) electrons. The largest absolute Gasteiger partial charge is 0.395 e. The Balaban J connectivity index is 1.82. The summed E-state index contributed by atoms with van der Waals surface area (Å²) >= 11 is 0. The van der Waals surface area contributed by atoms with E-state index in [9.17, 15) is 5.11 Å². The Morgan fingerprint density at radius 1 is 1.12 bits per heavy atom. The molecule has 1 saturated carbocycles. The molecule has 0 saturated heterocycles. The minimum absolute atomic E-state index is 0.261. The van der Waals surface area contributed by atoms with Gasteiger partial charge in [-0.1, -0.05) is 49.6 Å². The monoisotopic (exact) mass is 233 g/mol. The number of benzene rings is 1. The normalized spacial score (nSPS) is 19.1. The third-order valence-corrected chi connectivity index (χ3v) is 3.83. The van der Waals surface area contributed by atoms with E-state index in [0.717, 1.165) is 6.54 Å². The van der Waals surface area contributed by atoms with Crippen molar-refractivity contribution >= 4 is 0 Å². The molecule has 0 heterocycles. The molecule has 2 N–H and O–H groups in total. The van der Waals surface area contributed by atoms with Crippen molar-refractivity contribution < 1.29 is 5.11 Å². The van der Waals surface area contributed by atoms with E-state index >= 15 is 0 Å². The van der Waals surface area contributed by atoms with E-state index in [0.29, 0.717) is 5.92 Å². The highest BCUT2D eigenvalue weighted by Gasteiger charge is 2.22. The molecule has 1 fully saturated rings. The number of hydrogen-bond donors (Lipinski definition) is 2. The molecule has 2 rings (SSSR count). The molecule has 2 heteroatoms. The highest BCUT2D eigenvalue weighted by atomic mass is 16.3. The van der Waals surface area contributed by atoms with Gasteiger partial charge in [-0.15, -0.1) is 0 Å². The Morgan fingerprint density at radius 3 is 2.47 bits per heavy atom. The van der Waals surface area contributed by atoms with Crippen molar-refractivity contribution in [3.8, 4) is 0 Å². The Labute approximate surface area is 104 Å². The summed E-state index contributed by atoms with van der Waals surface area (Å²) in [5, 5.41) is 13.0. The van der Waals surface area contributed by atoms with Crippen LogP contribution in [0.3, 0.4) is 0 Å². The van der Waals surface area contributed by atoms with Crippen molar-refractivity contribution in [2.24, 2.45) is 5.92 Å². The lowest BCUT2D eigenvalue weighted by molar-refractivity contribution is 0.170. The second kappa shape index (κ2) is 6.77. The van der Waals surface area contributed by atoms with E-state index in [1.54, 1.807) is 0 Å². The average molecular weight is 233 g/mol. The van der Waals surface area contributed by atoms with Crippen LogP contribution < -0.4 is 5.32 Å². The lowest BCUT2D eigenvalue weighted by Gasteiger charge is -2.29. The van der Waals surface area contributed by atoms with Crippen molar-refractivity contribution in [3.05, 3.63) is 35.9 Å². The first-order valence-corrected chi connectivity index (χ1v) is 6.78. The zero-order chi connectivity index (χ0) is 11.9. The number of aliphatic hydroxyl groups excluding tert-OH is 1. The van der Waals surface area contributed by atoms with Crippen LogP contribution in [0.15, 0.2) is 30.3 Å². The molecule has 1 aromatic rings. The van der Waals surface area contributed by atoms with Gasteiger partial charge in [0, 0.05) is 12.6 Å². The standard InChI is InChI=1S/C15H23NO/c17-12-15(14-9-5-2-6-10-14)16-11-13-7-3-1-4-8-13/h1,3-4,7-8,14-17H,2,5-6,9-12H2. The Morgan fingerprint density at radius 2 is 1.82 bits per heavy atom. The van der Waals surface area contributed by atoms with Crippen LogP contribution in [0.1, 0.15) is 37.7 Å². The van der Waals surface area contributed by atoms with Gasteiger partial charge in [0.1, 0.15) is 0 Å². The smallest absolute Gasteiger partial charge is 0.0587 e. The minimum Gasteiger partial charge on any atom is -0.395 e. The van der Waals surface area contributed by atoms with Crippen LogP contribution in [0.5, 0.6) is 0 Å². The second-order valence-corrected chi connectivity index (χ2v) is 5.05. The Kier molecular flexibility index (Phi) is 5.02. The highest BCUT2D eigenvalue weighted by molar-refractivity contribution is 5.14. The average Bonchev–Trinajstić information content (AvgIpc) is 2.42. The number of hydrogen-bond acceptors (Lipinski definition) is 2. The van der Waals surface area contributed by atoms with Gasteiger partial charge in [0.2, 0.25) is 0 Å². The summed E-state index contributed by atoms with van der Waals surface area (Å²) in [6.45, 7) is 1.13. The maximum absolute atomic E-state index is 9.49. The van der Waals surface area contributed by atoms with Crippen LogP contribution in [0.4, 0.5) is 0 Å². The van der Waals surface area contributed by atoms with Crippen LogP contribution in [0.2, 0.25) is 0 Å². The van der Waals surface area contributed by atoms with Crippen molar-refractivity contribution in [1.82, 2.24) is 5.32 Å². The van der Waals surface area contributed by atoms with Gasteiger partial charge >= 0.3 is 0 Å². The molecular formula is C15H23NO. The quantitative estimate of drug-likeness (QED) is 0.819. The zero-order valence-electron chi connectivity index (χ0n) is 10.4. The van der Waals surface area contributed by atoms with E-state index in [1.165, 1.54) is 37.7 Å². The van der Waals surface area contributed by atoms with E-state index in [-0.39, 0.29) is 12.6 Å². The molecule has 17 heavy (non-hydrogen) atoms. The third kappa shape index (κ3) is 3.83. The van der Waals surface area contributed by atoms with Gasteiger partial charge in [0.25, 0.3) is 0 Å². The molecule has 0 aliphatic heterocycles. The van der Waals surface area contributed by atoms with Gasteiger partial charge in [-0.25, -0.2) is 0 Å². The number of aliphatic hydroxyl groups is 1. The molecule has 1 unspecified atom stereocenters. The predicted molar refractivity (Wildman–Crippen MR) is 70.7 cm³/mol. The van der Waals surface area contributed by atoms with Crippen LogP contribution >= 0.6 is 0 Å². The van der Waals surface area contributed by atoms with Crippen LogP contribution in [0, 0.1) is 5.92 Å². The molecule has 1 aliphatic carbocycles. The fourth-order valence-corrected chi connectivity index (χ4v) is 2.76. The van der Waals surface area contributed by atoms with E-state index in [2.05, 4.69) is 29.6 Å². The first-order valence-electron chi connectivity index (χ1n) is 6.78. The summed E-state index contributed by atoms with van der Waals surface area (Å²) in [4.78, 5) is 0. The molecule has 1 atom stereocenters. The summed E-state index contributed by atoms with van der Waals surface area (Å²) in [6.07, 6.45) is 6.57. The lowest BCUT2D eigenvalue weighted by atomic mass is 9.84. The van der Waals surface area contributed by atoms with Gasteiger partial charge in [-0.3, -0.25) is 0 Å². The molecule has 2 nitrogen and oxygen atoms in total. The summed E-state index contributed by atoms with van der Waals surface area (Å²) < 4.78 is 0. The van der Waals surface area contributed by atoms with Crippen molar-refractivity contribution in [2.75, 3.05) is 6.61 Å². The Hall–Kier alpha value is -0.860. The fraction of sp³-hybridized carbons (Fsp3) is 0.600. The fourth-order valence-electron chi connectivity index (χ4n) is 2.76. The molecule has 94 valence electrons. The van der Waals surface area contributed by atoms with Crippen molar-refractivity contribution in [1.29, 1.82) is 0 Å². The van der Waals surface area contributed by atoms with Crippen LogP contribution in [0.25, 0.3) is 0 Å².